The molecule has 0 unspecified atom stereocenters. The molecule has 1 aliphatic rings. The number of fused-ring (bicyclic) bond motifs is 3. The van der Waals surface area contributed by atoms with E-state index in [-0.39, 0.29) is 12.0 Å². The second-order valence-electron chi connectivity index (χ2n) is 6.83. The van der Waals surface area contributed by atoms with Crippen LogP contribution >= 0.6 is 0 Å². The second-order valence-corrected chi connectivity index (χ2v) is 6.83. The highest BCUT2D eigenvalue weighted by molar-refractivity contribution is 6.10. The fourth-order valence-corrected chi connectivity index (χ4v) is 3.88. The van der Waals surface area contributed by atoms with Crippen LogP contribution in [0.5, 0.6) is 0 Å². The molecule has 1 amide bonds. The maximum Gasteiger partial charge on any atom is 0.268 e. The third-order valence-electron chi connectivity index (χ3n) is 5.22. The Morgan fingerprint density at radius 3 is 2.96 bits per heavy atom. The van der Waals surface area contributed by atoms with Gasteiger partial charge in [0.25, 0.3) is 5.91 Å². The summed E-state index contributed by atoms with van der Waals surface area (Å²) in [6.07, 6.45) is 2.22. The largest absolute Gasteiger partial charge is 0.383 e. The number of aromatic nitrogens is 2. The Morgan fingerprint density at radius 1 is 1.35 bits per heavy atom. The number of rotatable bonds is 6. The number of hydrogen-bond acceptors (Lipinski definition) is 3. The van der Waals surface area contributed by atoms with Crippen LogP contribution in [-0.2, 0) is 23.1 Å². The van der Waals surface area contributed by atoms with Gasteiger partial charge < -0.3 is 23.9 Å². The number of carbonyl (C=O) groups excluding carboxylic acids is 1. The minimum absolute atomic E-state index is 0.0584. The zero-order valence-corrected chi connectivity index (χ0v) is 15.3. The van der Waals surface area contributed by atoms with Crippen molar-refractivity contribution < 1.29 is 14.3 Å². The second kappa shape index (κ2) is 7.13. The van der Waals surface area contributed by atoms with E-state index in [4.69, 9.17) is 9.47 Å². The molecule has 1 fully saturated rings. The Labute approximate surface area is 152 Å². The highest BCUT2D eigenvalue weighted by Gasteiger charge is 2.22. The van der Waals surface area contributed by atoms with E-state index in [0.29, 0.717) is 25.4 Å². The number of nitrogens with one attached hydrogen (secondary N) is 1. The molecule has 138 valence electrons. The molecule has 6 nitrogen and oxygen atoms in total. The van der Waals surface area contributed by atoms with Gasteiger partial charge in [-0.15, -0.1) is 0 Å². The SMILES string of the molecule is COCCn1c(C(=O)NC[C@@H]2CCCO2)cc2c1c1ccccc1n2C. The van der Waals surface area contributed by atoms with Crippen LogP contribution in [0.15, 0.2) is 30.3 Å². The summed E-state index contributed by atoms with van der Waals surface area (Å²) in [5, 5.41) is 4.19. The fraction of sp³-hybridized carbons (Fsp3) is 0.450. The topological polar surface area (TPSA) is 57.4 Å². The van der Waals surface area contributed by atoms with E-state index in [1.54, 1.807) is 7.11 Å². The standard InChI is InChI=1S/C20H25N3O3/c1-22-16-8-4-3-7-15(16)19-17(22)12-18(23(19)9-11-25-2)20(24)21-13-14-6-5-10-26-14/h3-4,7-8,12,14H,5-6,9-11,13H2,1-2H3,(H,21,24)/t14-/m0/s1. The first kappa shape index (κ1) is 17.1. The van der Waals surface area contributed by atoms with Crippen LogP contribution in [-0.4, -0.2) is 48.0 Å². The number of ether oxygens (including phenoxy) is 2. The number of benzene rings is 1. The molecule has 1 aliphatic heterocycles. The third kappa shape index (κ3) is 2.89. The zero-order valence-electron chi connectivity index (χ0n) is 15.3. The predicted molar refractivity (Wildman–Crippen MR) is 102 cm³/mol. The van der Waals surface area contributed by atoms with Gasteiger partial charge in [0.05, 0.1) is 29.3 Å². The molecule has 2 aromatic heterocycles. The molecule has 1 aromatic carbocycles. The van der Waals surface area contributed by atoms with E-state index in [0.717, 1.165) is 41.4 Å². The van der Waals surface area contributed by atoms with Crippen molar-refractivity contribution in [3.8, 4) is 0 Å². The minimum atomic E-state index is -0.0584. The van der Waals surface area contributed by atoms with Gasteiger partial charge in [-0.2, -0.15) is 0 Å². The summed E-state index contributed by atoms with van der Waals surface area (Å²) < 4.78 is 15.1. The van der Waals surface area contributed by atoms with Crippen LogP contribution in [0.25, 0.3) is 21.9 Å². The Balaban J connectivity index is 1.73. The zero-order chi connectivity index (χ0) is 18.1. The van der Waals surface area contributed by atoms with Gasteiger partial charge >= 0.3 is 0 Å². The van der Waals surface area contributed by atoms with Crippen LogP contribution in [0.2, 0.25) is 0 Å². The third-order valence-corrected chi connectivity index (χ3v) is 5.22. The first-order valence-electron chi connectivity index (χ1n) is 9.16. The lowest BCUT2D eigenvalue weighted by atomic mass is 10.2. The Kier molecular flexibility index (Phi) is 4.70. The maximum absolute atomic E-state index is 12.9. The van der Waals surface area contributed by atoms with Crippen molar-refractivity contribution in [1.29, 1.82) is 0 Å². The summed E-state index contributed by atoms with van der Waals surface area (Å²) in [5.41, 5.74) is 3.98. The molecule has 1 N–H and O–H groups in total. The molecule has 0 aliphatic carbocycles. The van der Waals surface area contributed by atoms with Gasteiger partial charge in [-0.05, 0) is 25.0 Å². The van der Waals surface area contributed by atoms with Crippen molar-refractivity contribution in [2.24, 2.45) is 7.05 Å². The van der Waals surface area contributed by atoms with Gasteiger partial charge in [0.15, 0.2) is 0 Å². The van der Waals surface area contributed by atoms with Crippen LogP contribution < -0.4 is 5.32 Å². The minimum Gasteiger partial charge on any atom is -0.383 e. The highest BCUT2D eigenvalue weighted by Crippen LogP contribution is 2.31. The number of aryl methyl sites for hydroxylation is 1. The number of amides is 1. The Hall–Kier alpha value is -2.31. The van der Waals surface area contributed by atoms with Crippen molar-refractivity contribution >= 4 is 27.8 Å². The van der Waals surface area contributed by atoms with Crippen molar-refractivity contribution in [2.45, 2.75) is 25.5 Å². The lowest BCUT2D eigenvalue weighted by Crippen LogP contribution is -2.33. The van der Waals surface area contributed by atoms with Gasteiger partial charge in [0, 0.05) is 39.2 Å². The average molecular weight is 355 g/mol. The molecule has 4 rings (SSSR count). The summed E-state index contributed by atoms with van der Waals surface area (Å²) in [7, 11) is 3.72. The van der Waals surface area contributed by atoms with E-state index < -0.39 is 0 Å². The smallest absolute Gasteiger partial charge is 0.268 e. The molecule has 0 spiro atoms. The van der Waals surface area contributed by atoms with Crippen LogP contribution in [0.4, 0.5) is 0 Å². The summed E-state index contributed by atoms with van der Waals surface area (Å²) >= 11 is 0. The first-order chi connectivity index (χ1) is 12.7. The number of methoxy groups -OCH3 is 1. The molecule has 3 aromatic rings. The highest BCUT2D eigenvalue weighted by atomic mass is 16.5. The summed E-state index contributed by atoms with van der Waals surface area (Å²) in [4.78, 5) is 12.9. The molecule has 1 saturated heterocycles. The molecule has 0 bridgehead atoms. The molecule has 6 heteroatoms. The van der Waals surface area contributed by atoms with E-state index in [9.17, 15) is 4.79 Å². The normalized spacial score (nSPS) is 17.4. The summed E-state index contributed by atoms with van der Waals surface area (Å²) in [5.74, 6) is -0.0584. The number of carbonyl (C=O) groups is 1. The molecule has 0 saturated carbocycles. The first-order valence-corrected chi connectivity index (χ1v) is 9.16. The summed E-state index contributed by atoms with van der Waals surface area (Å²) in [6, 6.07) is 10.3. The Morgan fingerprint density at radius 2 is 2.19 bits per heavy atom. The molecular formula is C20H25N3O3. The number of para-hydroxylation sites is 1. The number of nitrogens with zero attached hydrogens (tertiary/aromatic N) is 2. The number of hydrogen-bond donors (Lipinski definition) is 1. The quantitative estimate of drug-likeness (QED) is 0.740. The van der Waals surface area contributed by atoms with Crippen molar-refractivity contribution in [1.82, 2.24) is 14.5 Å². The monoisotopic (exact) mass is 355 g/mol. The molecular weight excluding hydrogens is 330 g/mol. The molecule has 3 heterocycles. The molecule has 0 radical (unpaired) electrons. The van der Waals surface area contributed by atoms with Gasteiger partial charge in [0.2, 0.25) is 0 Å². The molecule has 26 heavy (non-hydrogen) atoms. The van der Waals surface area contributed by atoms with E-state index in [1.165, 1.54) is 0 Å². The van der Waals surface area contributed by atoms with E-state index >= 15 is 0 Å². The van der Waals surface area contributed by atoms with E-state index in [2.05, 4.69) is 26.6 Å². The maximum atomic E-state index is 12.9. The average Bonchev–Trinajstić information content (AvgIpc) is 3.36. The van der Waals surface area contributed by atoms with Gasteiger partial charge in [-0.3, -0.25) is 4.79 Å². The fourth-order valence-electron chi connectivity index (χ4n) is 3.88. The lowest BCUT2D eigenvalue weighted by Gasteiger charge is -2.13. The predicted octanol–water partition coefficient (Wildman–Crippen LogP) is 2.69. The van der Waals surface area contributed by atoms with Crippen molar-refractivity contribution in [3.63, 3.8) is 0 Å². The van der Waals surface area contributed by atoms with Crippen LogP contribution in [0.1, 0.15) is 23.3 Å². The van der Waals surface area contributed by atoms with Gasteiger partial charge in [-0.1, -0.05) is 18.2 Å². The van der Waals surface area contributed by atoms with Crippen molar-refractivity contribution in [3.05, 3.63) is 36.0 Å². The summed E-state index contributed by atoms with van der Waals surface area (Å²) in [6.45, 7) is 2.54. The molecule has 1 atom stereocenters. The van der Waals surface area contributed by atoms with Gasteiger partial charge in [0.1, 0.15) is 5.69 Å². The Bertz CT molecular complexity index is 935. The van der Waals surface area contributed by atoms with Crippen molar-refractivity contribution in [2.75, 3.05) is 26.9 Å². The van der Waals surface area contributed by atoms with E-state index in [1.807, 2.05) is 25.2 Å². The van der Waals surface area contributed by atoms with Crippen LogP contribution in [0, 0.1) is 0 Å². The van der Waals surface area contributed by atoms with Gasteiger partial charge in [-0.25, -0.2) is 0 Å². The van der Waals surface area contributed by atoms with Crippen LogP contribution in [0.3, 0.4) is 0 Å². The lowest BCUT2D eigenvalue weighted by molar-refractivity contribution is 0.0848.